The molecular weight excluding hydrogens is 416 g/mol. The van der Waals surface area contributed by atoms with Crippen molar-refractivity contribution in [2.45, 2.75) is 6.92 Å². The predicted molar refractivity (Wildman–Crippen MR) is 132 cm³/mol. The molecule has 3 aromatic rings. The van der Waals surface area contributed by atoms with Crippen molar-refractivity contribution in [3.05, 3.63) is 83.9 Å². The third-order valence-electron chi connectivity index (χ3n) is 5.50. The highest BCUT2D eigenvalue weighted by Crippen LogP contribution is 2.22. The van der Waals surface area contributed by atoms with Gasteiger partial charge in [0.25, 0.3) is 5.91 Å². The van der Waals surface area contributed by atoms with Crippen LogP contribution >= 0.6 is 0 Å². The van der Waals surface area contributed by atoms with Gasteiger partial charge in [-0.1, -0.05) is 24.3 Å². The molecule has 1 heterocycles. The number of hydrogen-bond acceptors (Lipinski definition) is 5. The molecule has 1 fully saturated rings. The molecule has 170 valence electrons. The first-order valence-electron chi connectivity index (χ1n) is 11.0. The van der Waals surface area contributed by atoms with Gasteiger partial charge in [-0.15, -0.1) is 0 Å². The minimum Gasteiger partial charge on any atom is -0.378 e. The quantitative estimate of drug-likeness (QED) is 0.510. The molecule has 0 spiro atoms. The number of anilines is 4. The van der Waals surface area contributed by atoms with Crippen molar-refractivity contribution >= 4 is 34.6 Å². The van der Waals surface area contributed by atoms with Gasteiger partial charge in [-0.3, -0.25) is 9.59 Å². The van der Waals surface area contributed by atoms with E-state index in [4.69, 9.17) is 4.74 Å². The van der Waals surface area contributed by atoms with E-state index in [9.17, 15) is 9.59 Å². The lowest BCUT2D eigenvalue weighted by Gasteiger charge is -2.28. The molecule has 1 saturated heterocycles. The first-order chi connectivity index (χ1) is 16.1. The Kier molecular flexibility index (Phi) is 7.22. The van der Waals surface area contributed by atoms with E-state index >= 15 is 0 Å². The zero-order valence-corrected chi connectivity index (χ0v) is 18.6. The van der Waals surface area contributed by atoms with Crippen molar-refractivity contribution in [1.29, 1.82) is 0 Å². The van der Waals surface area contributed by atoms with Gasteiger partial charge in [0, 0.05) is 41.4 Å². The summed E-state index contributed by atoms with van der Waals surface area (Å²) in [5, 5.41) is 8.97. The number of rotatable bonds is 7. The molecular formula is C26H28N4O3. The summed E-state index contributed by atoms with van der Waals surface area (Å²) >= 11 is 0. The Morgan fingerprint density at radius 2 is 1.58 bits per heavy atom. The second kappa shape index (κ2) is 10.7. The summed E-state index contributed by atoms with van der Waals surface area (Å²) in [4.78, 5) is 27.1. The van der Waals surface area contributed by atoms with Crippen molar-refractivity contribution < 1.29 is 14.3 Å². The van der Waals surface area contributed by atoms with E-state index in [1.807, 2.05) is 67.6 Å². The third-order valence-corrected chi connectivity index (χ3v) is 5.50. The number of aryl methyl sites for hydroxylation is 1. The number of morpholine rings is 1. The van der Waals surface area contributed by atoms with Gasteiger partial charge in [-0.2, -0.15) is 0 Å². The molecule has 33 heavy (non-hydrogen) atoms. The molecule has 0 radical (unpaired) electrons. The fourth-order valence-corrected chi connectivity index (χ4v) is 3.64. The smallest absolute Gasteiger partial charge is 0.255 e. The van der Waals surface area contributed by atoms with Crippen LogP contribution in [-0.2, 0) is 9.53 Å². The normalized spacial score (nSPS) is 13.3. The number of nitrogens with one attached hydrogen (secondary N) is 3. The number of carbonyl (C=O) groups excluding carboxylic acids is 2. The lowest BCUT2D eigenvalue weighted by Crippen LogP contribution is -2.36. The van der Waals surface area contributed by atoms with Gasteiger partial charge in [0.15, 0.2) is 0 Å². The minimum absolute atomic E-state index is 0.113. The topological polar surface area (TPSA) is 82.7 Å². The molecule has 0 bridgehead atoms. The Morgan fingerprint density at radius 1 is 0.879 bits per heavy atom. The third kappa shape index (κ3) is 6.11. The molecule has 0 saturated carbocycles. The van der Waals surface area contributed by atoms with Gasteiger partial charge in [0.2, 0.25) is 5.91 Å². The summed E-state index contributed by atoms with van der Waals surface area (Å²) in [6, 6.07) is 22.5. The van der Waals surface area contributed by atoms with Crippen LogP contribution in [0.5, 0.6) is 0 Å². The zero-order chi connectivity index (χ0) is 23.0. The predicted octanol–water partition coefficient (Wildman–Crippen LogP) is 4.13. The first-order valence-corrected chi connectivity index (χ1v) is 11.0. The van der Waals surface area contributed by atoms with Crippen LogP contribution in [-0.4, -0.2) is 44.7 Å². The van der Waals surface area contributed by atoms with Crippen molar-refractivity contribution in [3.8, 4) is 0 Å². The molecule has 1 aliphatic rings. The highest BCUT2D eigenvalue weighted by atomic mass is 16.5. The van der Waals surface area contributed by atoms with Gasteiger partial charge >= 0.3 is 0 Å². The van der Waals surface area contributed by atoms with E-state index in [1.165, 1.54) is 0 Å². The van der Waals surface area contributed by atoms with Gasteiger partial charge < -0.3 is 25.6 Å². The zero-order valence-electron chi connectivity index (χ0n) is 18.6. The summed E-state index contributed by atoms with van der Waals surface area (Å²) < 4.78 is 5.39. The fourth-order valence-electron chi connectivity index (χ4n) is 3.64. The molecule has 3 aromatic carbocycles. The summed E-state index contributed by atoms with van der Waals surface area (Å²) in [6.07, 6.45) is 0. The van der Waals surface area contributed by atoms with E-state index in [2.05, 4.69) is 20.9 Å². The maximum absolute atomic E-state index is 12.5. The Bertz CT molecular complexity index is 1090. The minimum atomic E-state index is -0.177. The van der Waals surface area contributed by atoms with Gasteiger partial charge in [-0.25, -0.2) is 0 Å². The molecule has 2 amide bonds. The van der Waals surface area contributed by atoms with Crippen LogP contribution in [0.2, 0.25) is 0 Å². The molecule has 0 aliphatic carbocycles. The van der Waals surface area contributed by atoms with Crippen LogP contribution in [0.4, 0.5) is 22.7 Å². The number of carbonyl (C=O) groups is 2. The van der Waals surface area contributed by atoms with E-state index < -0.39 is 0 Å². The van der Waals surface area contributed by atoms with E-state index in [-0.39, 0.29) is 18.4 Å². The average molecular weight is 445 g/mol. The fraction of sp³-hybridized carbons (Fsp3) is 0.231. The highest BCUT2D eigenvalue weighted by molar-refractivity contribution is 6.04. The monoisotopic (exact) mass is 444 g/mol. The van der Waals surface area contributed by atoms with Crippen LogP contribution in [0.25, 0.3) is 0 Å². The van der Waals surface area contributed by atoms with E-state index in [0.717, 1.165) is 48.9 Å². The van der Waals surface area contributed by atoms with Crippen LogP contribution in [0.3, 0.4) is 0 Å². The standard InChI is InChI=1S/C26H28N4O3/c1-19-7-8-22(29-26(32)20-5-3-2-4-6-20)17-24(19)27-18-25(31)28-21-9-11-23(12-10-21)30-13-15-33-16-14-30/h2-12,17,27H,13-16,18H2,1H3,(H,28,31)(H,29,32). The van der Waals surface area contributed by atoms with Crippen LogP contribution < -0.4 is 20.9 Å². The van der Waals surface area contributed by atoms with Crippen LogP contribution in [0, 0.1) is 6.92 Å². The molecule has 1 aliphatic heterocycles. The number of amides is 2. The number of ether oxygens (including phenoxy) is 1. The molecule has 3 N–H and O–H groups in total. The second-order valence-corrected chi connectivity index (χ2v) is 7.90. The second-order valence-electron chi connectivity index (χ2n) is 7.90. The summed E-state index contributed by atoms with van der Waals surface area (Å²) in [5.41, 5.74) is 4.90. The lowest BCUT2D eigenvalue weighted by atomic mass is 10.1. The first kappa shape index (κ1) is 22.4. The summed E-state index contributed by atoms with van der Waals surface area (Å²) in [5.74, 6) is -0.323. The van der Waals surface area contributed by atoms with Crippen molar-refractivity contribution in [1.82, 2.24) is 0 Å². The molecule has 0 aromatic heterocycles. The largest absolute Gasteiger partial charge is 0.378 e. The maximum Gasteiger partial charge on any atom is 0.255 e. The number of hydrogen-bond donors (Lipinski definition) is 3. The Balaban J connectivity index is 1.31. The highest BCUT2D eigenvalue weighted by Gasteiger charge is 2.12. The van der Waals surface area contributed by atoms with Crippen molar-refractivity contribution in [3.63, 3.8) is 0 Å². The Hall–Kier alpha value is -3.84. The average Bonchev–Trinajstić information content (AvgIpc) is 2.86. The molecule has 7 heteroatoms. The van der Waals surface area contributed by atoms with Gasteiger partial charge in [0.05, 0.1) is 19.8 Å². The SMILES string of the molecule is Cc1ccc(NC(=O)c2ccccc2)cc1NCC(=O)Nc1ccc(N2CCOCC2)cc1. The molecule has 4 rings (SSSR count). The van der Waals surface area contributed by atoms with Crippen LogP contribution in [0.1, 0.15) is 15.9 Å². The summed E-state index contributed by atoms with van der Waals surface area (Å²) in [6.45, 7) is 5.29. The number of nitrogens with zero attached hydrogens (tertiary/aromatic N) is 1. The van der Waals surface area contributed by atoms with Gasteiger partial charge in [0.1, 0.15) is 0 Å². The molecule has 0 unspecified atom stereocenters. The number of benzene rings is 3. The van der Waals surface area contributed by atoms with E-state index in [0.29, 0.717) is 11.3 Å². The van der Waals surface area contributed by atoms with Crippen molar-refractivity contribution in [2.75, 3.05) is 53.7 Å². The van der Waals surface area contributed by atoms with E-state index in [1.54, 1.807) is 12.1 Å². The van der Waals surface area contributed by atoms with Crippen molar-refractivity contribution in [2.24, 2.45) is 0 Å². The van der Waals surface area contributed by atoms with Gasteiger partial charge in [-0.05, 0) is 61.0 Å². The van der Waals surface area contributed by atoms with Crippen LogP contribution in [0.15, 0.2) is 72.8 Å². The summed E-state index contributed by atoms with van der Waals surface area (Å²) in [7, 11) is 0. The Morgan fingerprint density at radius 3 is 2.30 bits per heavy atom. The Labute approximate surface area is 193 Å². The molecule has 0 atom stereocenters. The maximum atomic E-state index is 12.5. The lowest BCUT2D eigenvalue weighted by molar-refractivity contribution is -0.114. The molecule has 7 nitrogen and oxygen atoms in total.